The fraction of sp³-hybridized carbons (Fsp3) is 0.125. The van der Waals surface area contributed by atoms with Gasteiger partial charge in [-0.1, -0.05) is 13.2 Å². The van der Waals surface area contributed by atoms with Crippen LogP contribution in [0.25, 0.3) is 0 Å². The van der Waals surface area contributed by atoms with Gasteiger partial charge in [-0.2, -0.15) is 36.2 Å². The van der Waals surface area contributed by atoms with Crippen LogP contribution in [0.3, 0.4) is 0 Å². The van der Waals surface area contributed by atoms with Crippen LogP contribution in [-0.4, -0.2) is 11.6 Å². The number of Topliss-reactive ketones (excluding diaryl/α,β-unsaturated/α-hetero) is 2. The topological polar surface area (TPSA) is 34.1 Å². The molecule has 5 heteroatoms. The van der Waals surface area contributed by atoms with Crippen LogP contribution in [0, 0.1) is 0 Å². The molecule has 0 spiro atoms. The third-order valence-corrected chi connectivity index (χ3v) is 3.71. The molecule has 0 aliphatic heterocycles. The van der Waals surface area contributed by atoms with E-state index in [4.69, 9.17) is 0 Å². The molecule has 0 aromatic carbocycles. The molecule has 2 heterocycles. The maximum atomic E-state index is 11.1. The van der Waals surface area contributed by atoms with Crippen LogP contribution in [-0.2, 0) is 0 Å². The highest BCUT2D eigenvalue weighted by molar-refractivity contribution is 7.59. The van der Waals surface area contributed by atoms with Crippen molar-refractivity contribution in [2.24, 2.45) is 0 Å². The van der Waals surface area contributed by atoms with Crippen molar-refractivity contribution < 1.29 is 9.59 Å². The SMILES string of the molecule is C=C(C)C(=O)c1ccsc1.C=C(C)C(=O)c1ccsc1.S. The maximum absolute atomic E-state index is 11.1. The van der Waals surface area contributed by atoms with Gasteiger partial charge >= 0.3 is 0 Å². The predicted molar refractivity (Wildman–Crippen MR) is 97.3 cm³/mol. The van der Waals surface area contributed by atoms with E-state index < -0.39 is 0 Å². The number of rotatable bonds is 4. The molecule has 0 aliphatic rings. The first kappa shape index (κ1) is 19.6. The van der Waals surface area contributed by atoms with Crippen molar-refractivity contribution >= 4 is 47.7 Å². The van der Waals surface area contributed by atoms with E-state index in [-0.39, 0.29) is 25.1 Å². The van der Waals surface area contributed by atoms with Gasteiger partial charge in [0.15, 0.2) is 11.6 Å². The van der Waals surface area contributed by atoms with E-state index in [1.165, 1.54) is 22.7 Å². The van der Waals surface area contributed by atoms with Gasteiger partial charge in [0.25, 0.3) is 0 Å². The second-order valence-electron chi connectivity index (χ2n) is 4.24. The Hall–Kier alpha value is -1.43. The quantitative estimate of drug-likeness (QED) is 0.572. The third-order valence-electron chi connectivity index (χ3n) is 2.34. The predicted octanol–water partition coefficient (Wildman–Crippen LogP) is 5.13. The van der Waals surface area contributed by atoms with Crippen LogP contribution in [0.5, 0.6) is 0 Å². The lowest BCUT2D eigenvalue weighted by Crippen LogP contribution is -1.95. The molecule has 2 rings (SSSR count). The minimum Gasteiger partial charge on any atom is -0.289 e. The van der Waals surface area contributed by atoms with Gasteiger partial charge < -0.3 is 0 Å². The van der Waals surface area contributed by atoms with Gasteiger partial charge in [0, 0.05) is 21.9 Å². The van der Waals surface area contributed by atoms with E-state index in [0.29, 0.717) is 11.1 Å². The van der Waals surface area contributed by atoms with Crippen LogP contribution in [0.2, 0.25) is 0 Å². The van der Waals surface area contributed by atoms with Crippen LogP contribution in [0.1, 0.15) is 34.6 Å². The molecule has 0 N–H and O–H groups in total. The summed E-state index contributed by atoms with van der Waals surface area (Å²) < 4.78 is 0. The first-order valence-electron chi connectivity index (χ1n) is 5.88. The number of hydrogen-bond donors (Lipinski definition) is 0. The van der Waals surface area contributed by atoms with E-state index in [2.05, 4.69) is 13.2 Å². The molecule has 0 bridgehead atoms. The van der Waals surface area contributed by atoms with Crippen molar-refractivity contribution in [3.63, 3.8) is 0 Å². The lowest BCUT2D eigenvalue weighted by Gasteiger charge is -1.91. The second-order valence-corrected chi connectivity index (χ2v) is 5.80. The van der Waals surface area contributed by atoms with Crippen LogP contribution in [0.4, 0.5) is 0 Å². The Morgan fingerprint density at radius 2 is 1.19 bits per heavy atom. The van der Waals surface area contributed by atoms with Crippen LogP contribution < -0.4 is 0 Å². The summed E-state index contributed by atoms with van der Waals surface area (Å²) in [6, 6.07) is 3.61. The molecule has 0 saturated heterocycles. The summed E-state index contributed by atoms with van der Waals surface area (Å²) in [5.74, 6) is 0.0856. The minimum absolute atomic E-state index is 0. The van der Waals surface area contributed by atoms with E-state index in [1.54, 1.807) is 13.8 Å². The molecule has 0 saturated carbocycles. The van der Waals surface area contributed by atoms with E-state index >= 15 is 0 Å². The monoisotopic (exact) mass is 338 g/mol. The fourth-order valence-electron chi connectivity index (χ4n) is 1.28. The largest absolute Gasteiger partial charge is 0.289 e. The molecule has 112 valence electrons. The molecular formula is C16H18O2S3. The zero-order valence-corrected chi connectivity index (χ0v) is 14.6. The average Bonchev–Trinajstić information content (AvgIpc) is 3.10. The summed E-state index contributed by atoms with van der Waals surface area (Å²) in [4.78, 5) is 22.2. The van der Waals surface area contributed by atoms with Crippen LogP contribution in [0.15, 0.2) is 58.0 Å². The summed E-state index contributed by atoms with van der Waals surface area (Å²) in [5.41, 5.74) is 2.69. The number of thiophene rings is 2. The van der Waals surface area contributed by atoms with Gasteiger partial charge in [-0.15, -0.1) is 0 Å². The van der Waals surface area contributed by atoms with Gasteiger partial charge in [-0.3, -0.25) is 9.59 Å². The fourth-order valence-corrected chi connectivity index (χ4v) is 2.55. The number of ketones is 2. The highest BCUT2D eigenvalue weighted by Crippen LogP contribution is 2.10. The molecule has 0 aliphatic carbocycles. The lowest BCUT2D eigenvalue weighted by atomic mass is 10.1. The number of carbonyl (C=O) groups excluding carboxylic acids is 2. The lowest BCUT2D eigenvalue weighted by molar-refractivity contribution is 0.102. The molecule has 0 amide bonds. The summed E-state index contributed by atoms with van der Waals surface area (Å²) in [7, 11) is 0. The first-order valence-corrected chi connectivity index (χ1v) is 7.77. The zero-order chi connectivity index (χ0) is 15.1. The summed E-state index contributed by atoms with van der Waals surface area (Å²) >= 11 is 3.05. The molecule has 21 heavy (non-hydrogen) atoms. The average molecular weight is 339 g/mol. The van der Waals surface area contributed by atoms with E-state index in [0.717, 1.165) is 11.1 Å². The smallest absolute Gasteiger partial charge is 0.188 e. The molecule has 0 fully saturated rings. The van der Waals surface area contributed by atoms with Gasteiger partial charge in [0.05, 0.1) is 0 Å². The van der Waals surface area contributed by atoms with Crippen molar-refractivity contribution in [3.8, 4) is 0 Å². The molecule has 0 unspecified atom stereocenters. The van der Waals surface area contributed by atoms with Crippen molar-refractivity contribution in [3.05, 3.63) is 69.1 Å². The molecule has 2 aromatic rings. The Balaban J connectivity index is 0.000000364. The standard InChI is InChI=1S/2C8H8OS.H2S/c2*1-6(2)8(9)7-3-4-10-5-7;/h2*3-5H,1H2,2H3;1H2. The molecule has 0 atom stereocenters. The highest BCUT2D eigenvalue weighted by Gasteiger charge is 2.05. The Morgan fingerprint density at radius 1 is 0.857 bits per heavy atom. The Bertz CT molecular complexity index is 552. The zero-order valence-electron chi connectivity index (χ0n) is 12.0. The van der Waals surface area contributed by atoms with E-state index in [1.807, 2.05) is 33.7 Å². The maximum Gasteiger partial charge on any atom is 0.188 e. The van der Waals surface area contributed by atoms with Crippen molar-refractivity contribution in [1.29, 1.82) is 0 Å². The summed E-state index contributed by atoms with van der Waals surface area (Å²) in [6.45, 7) is 10.6. The van der Waals surface area contributed by atoms with Crippen LogP contribution >= 0.6 is 36.2 Å². The second kappa shape index (κ2) is 9.50. The molecular weight excluding hydrogens is 320 g/mol. The first-order chi connectivity index (χ1) is 9.43. The number of hydrogen-bond acceptors (Lipinski definition) is 4. The van der Waals surface area contributed by atoms with Crippen molar-refractivity contribution in [1.82, 2.24) is 0 Å². The van der Waals surface area contributed by atoms with Gasteiger partial charge in [-0.25, -0.2) is 0 Å². The Labute approximate surface area is 140 Å². The molecule has 2 nitrogen and oxygen atoms in total. The van der Waals surface area contributed by atoms with Crippen molar-refractivity contribution in [2.75, 3.05) is 0 Å². The van der Waals surface area contributed by atoms with Gasteiger partial charge in [-0.05, 0) is 47.9 Å². The number of allylic oxidation sites excluding steroid dienone is 2. The molecule has 0 radical (unpaired) electrons. The normalized spacial score (nSPS) is 8.86. The number of carbonyl (C=O) groups is 2. The van der Waals surface area contributed by atoms with Gasteiger partial charge in [0.1, 0.15) is 0 Å². The molecule has 2 aromatic heterocycles. The minimum atomic E-state index is 0. The van der Waals surface area contributed by atoms with E-state index in [9.17, 15) is 9.59 Å². The van der Waals surface area contributed by atoms with Gasteiger partial charge in [0.2, 0.25) is 0 Å². The summed E-state index contributed by atoms with van der Waals surface area (Å²) in [5, 5.41) is 7.43. The van der Waals surface area contributed by atoms with Crippen molar-refractivity contribution in [2.45, 2.75) is 13.8 Å². The Kier molecular flexibility index (Phi) is 8.85. The summed E-state index contributed by atoms with van der Waals surface area (Å²) in [6.07, 6.45) is 0. The third kappa shape index (κ3) is 6.25. The highest BCUT2D eigenvalue weighted by atomic mass is 32.1. The Morgan fingerprint density at radius 3 is 1.38 bits per heavy atom.